The summed E-state index contributed by atoms with van der Waals surface area (Å²) < 4.78 is 5.26. The van der Waals surface area contributed by atoms with E-state index in [0.29, 0.717) is 6.61 Å². The Hall–Kier alpha value is -1.46. The third kappa shape index (κ3) is 3.27. The molecule has 96 valence electrons. The minimum absolute atomic E-state index is 0.105. The average molecular weight is 263 g/mol. The molecule has 2 aromatic rings. The van der Waals surface area contributed by atoms with Crippen molar-refractivity contribution in [1.82, 2.24) is 10.2 Å². The monoisotopic (exact) mass is 263 g/mol. The molecule has 0 bridgehead atoms. The number of benzene rings is 1. The molecule has 1 aromatic carbocycles. The summed E-state index contributed by atoms with van der Waals surface area (Å²) in [7, 11) is 1.70. The minimum Gasteiger partial charge on any atom is -0.382 e. The van der Waals surface area contributed by atoms with Crippen LogP contribution in [0.4, 0.5) is 5.13 Å². The molecule has 0 fully saturated rings. The van der Waals surface area contributed by atoms with Crippen molar-refractivity contribution in [3.8, 4) is 0 Å². The Labute approximate surface area is 111 Å². The first-order valence-electron chi connectivity index (χ1n) is 5.96. The molecule has 0 amide bonds. The highest BCUT2D eigenvalue weighted by atomic mass is 32.1. The van der Waals surface area contributed by atoms with Crippen molar-refractivity contribution in [1.29, 1.82) is 0 Å². The van der Waals surface area contributed by atoms with E-state index in [1.165, 1.54) is 5.56 Å². The van der Waals surface area contributed by atoms with Gasteiger partial charge < -0.3 is 10.1 Å². The number of hydrogen-bond donors (Lipinski definition) is 1. The molecule has 5 heteroatoms. The van der Waals surface area contributed by atoms with Crippen LogP contribution in [0.5, 0.6) is 0 Å². The van der Waals surface area contributed by atoms with E-state index in [4.69, 9.17) is 4.74 Å². The largest absolute Gasteiger partial charge is 0.382 e. The summed E-state index contributed by atoms with van der Waals surface area (Å²) in [5.74, 6) is 0. The van der Waals surface area contributed by atoms with Crippen LogP contribution in [0.25, 0.3) is 0 Å². The van der Waals surface area contributed by atoms with Gasteiger partial charge in [-0.3, -0.25) is 0 Å². The predicted octanol–water partition coefficient (Wildman–Crippen LogP) is 2.90. The fourth-order valence-electron chi connectivity index (χ4n) is 1.68. The van der Waals surface area contributed by atoms with E-state index in [2.05, 4.69) is 34.6 Å². The standard InChI is InChI=1S/C13H17N3OS/c1-3-12-15-16-13(18-12)14-11(9-17-2)10-7-5-4-6-8-10/h4-8,11H,3,9H2,1-2H3,(H,14,16). The normalized spacial score (nSPS) is 12.3. The molecule has 18 heavy (non-hydrogen) atoms. The number of aromatic nitrogens is 2. The Balaban J connectivity index is 2.11. The van der Waals surface area contributed by atoms with Gasteiger partial charge in [0.1, 0.15) is 5.01 Å². The van der Waals surface area contributed by atoms with Crippen LogP contribution in [0, 0.1) is 0 Å². The van der Waals surface area contributed by atoms with Gasteiger partial charge in [-0.25, -0.2) is 0 Å². The summed E-state index contributed by atoms with van der Waals surface area (Å²) in [6.45, 7) is 2.68. The van der Waals surface area contributed by atoms with E-state index in [0.717, 1.165) is 16.6 Å². The highest BCUT2D eigenvalue weighted by Gasteiger charge is 2.13. The third-order valence-electron chi connectivity index (χ3n) is 2.60. The van der Waals surface area contributed by atoms with Crippen LogP contribution in [0.15, 0.2) is 30.3 Å². The van der Waals surface area contributed by atoms with Crippen molar-refractivity contribution in [2.24, 2.45) is 0 Å². The lowest BCUT2D eigenvalue weighted by molar-refractivity contribution is 0.186. The smallest absolute Gasteiger partial charge is 0.206 e. The number of nitrogens with zero attached hydrogens (tertiary/aromatic N) is 2. The van der Waals surface area contributed by atoms with Crippen LogP contribution < -0.4 is 5.32 Å². The molecule has 0 spiro atoms. The third-order valence-corrected chi connectivity index (χ3v) is 3.60. The number of aryl methyl sites for hydroxylation is 1. The van der Waals surface area contributed by atoms with Crippen LogP contribution in [0.3, 0.4) is 0 Å². The molecule has 0 saturated heterocycles. The molecule has 2 rings (SSSR count). The van der Waals surface area contributed by atoms with Crippen molar-refractivity contribution in [3.05, 3.63) is 40.9 Å². The molecule has 0 radical (unpaired) electrons. The van der Waals surface area contributed by atoms with Gasteiger partial charge in [-0.2, -0.15) is 0 Å². The fourth-order valence-corrected chi connectivity index (χ4v) is 2.41. The van der Waals surface area contributed by atoms with E-state index >= 15 is 0 Å². The molecular formula is C13H17N3OS. The lowest BCUT2D eigenvalue weighted by atomic mass is 10.1. The van der Waals surface area contributed by atoms with E-state index in [1.807, 2.05) is 18.2 Å². The maximum Gasteiger partial charge on any atom is 0.206 e. The zero-order valence-electron chi connectivity index (χ0n) is 10.6. The van der Waals surface area contributed by atoms with E-state index in [9.17, 15) is 0 Å². The molecule has 1 aromatic heterocycles. The second-order valence-electron chi connectivity index (χ2n) is 3.92. The molecule has 1 heterocycles. The molecule has 4 nitrogen and oxygen atoms in total. The van der Waals surface area contributed by atoms with Gasteiger partial charge in [0.05, 0.1) is 12.6 Å². The second kappa shape index (κ2) is 6.47. The summed E-state index contributed by atoms with van der Waals surface area (Å²) >= 11 is 1.59. The van der Waals surface area contributed by atoms with Crippen LogP contribution in [0.2, 0.25) is 0 Å². The van der Waals surface area contributed by atoms with E-state index in [1.54, 1.807) is 18.4 Å². The highest BCUT2D eigenvalue weighted by Crippen LogP contribution is 2.22. The number of methoxy groups -OCH3 is 1. The first kappa shape index (κ1) is 13.0. The van der Waals surface area contributed by atoms with Gasteiger partial charge >= 0.3 is 0 Å². The molecule has 0 aliphatic carbocycles. The number of rotatable bonds is 6. The Kier molecular flexibility index (Phi) is 4.66. The van der Waals surface area contributed by atoms with Crippen LogP contribution in [-0.2, 0) is 11.2 Å². The number of anilines is 1. The molecular weight excluding hydrogens is 246 g/mol. The molecule has 0 saturated carbocycles. The summed E-state index contributed by atoms with van der Waals surface area (Å²) in [5, 5.41) is 13.5. The van der Waals surface area contributed by atoms with Crippen molar-refractivity contribution in [2.75, 3.05) is 19.0 Å². The van der Waals surface area contributed by atoms with Crippen LogP contribution >= 0.6 is 11.3 Å². The summed E-state index contributed by atoms with van der Waals surface area (Å²) in [4.78, 5) is 0. The van der Waals surface area contributed by atoms with Crippen molar-refractivity contribution >= 4 is 16.5 Å². The minimum atomic E-state index is 0.105. The van der Waals surface area contributed by atoms with Gasteiger partial charge in [0.15, 0.2) is 0 Å². The van der Waals surface area contributed by atoms with Crippen molar-refractivity contribution in [3.63, 3.8) is 0 Å². The molecule has 1 unspecified atom stereocenters. The predicted molar refractivity (Wildman–Crippen MR) is 74.0 cm³/mol. The van der Waals surface area contributed by atoms with Gasteiger partial charge in [0, 0.05) is 7.11 Å². The topological polar surface area (TPSA) is 47.0 Å². The zero-order valence-corrected chi connectivity index (χ0v) is 11.4. The van der Waals surface area contributed by atoms with E-state index < -0.39 is 0 Å². The quantitative estimate of drug-likeness (QED) is 0.870. The summed E-state index contributed by atoms with van der Waals surface area (Å²) in [6, 6.07) is 10.3. The second-order valence-corrected chi connectivity index (χ2v) is 4.98. The maximum atomic E-state index is 5.26. The first-order chi connectivity index (χ1) is 8.83. The molecule has 1 N–H and O–H groups in total. The SMILES string of the molecule is CCc1nnc(NC(COC)c2ccccc2)s1. The summed E-state index contributed by atoms with van der Waals surface area (Å²) in [6.07, 6.45) is 0.916. The summed E-state index contributed by atoms with van der Waals surface area (Å²) in [5.41, 5.74) is 1.19. The Morgan fingerprint density at radius 3 is 2.67 bits per heavy atom. The van der Waals surface area contributed by atoms with Gasteiger partial charge in [-0.15, -0.1) is 10.2 Å². The zero-order chi connectivity index (χ0) is 12.8. The van der Waals surface area contributed by atoms with Gasteiger partial charge in [-0.1, -0.05) is 48.6 Å². The van der Waals surface area contributed by atoms with E-state index in [-0.39, 0.29) is 6.04 Å². The average Bonchev–Trinajstić information content (AvgIpc) is 2.87. The number of ether oxygens (including phenoxy) is 1. The Bertz CT molecular complexity index is 472. The van der Waals surface area contributed by atoms with Crippen molar-refractivity contribution in [2.45, 2.75) is 19.4 Å². The fraction of sp³-hybridized carbons (Fsp3) is 0.385. The van der Waals surface area contributed by atoms with Crippen LogP contribution in [-0.4, -0.2) is 23.9 Å². The maximum absolute atomic E-state index is 5.26. The number of hydrogen-bond acceptors (Lipinski definition) is 5. The van der Waals surface area contributed by atoms with Crippen LogP contribution in [0.1, 0.15) is 23.5 Å². The molecule has 0 aliphatic heterocycles. The van der Waals surface area contributed by atoms with Gasteiger partial charge in [0.25, 0.3) is 0 Å². The molecule has 1 atom stereocenters. The van der Waals surface area contributed by atoms with Gasteiger partial charge in [-0.05, 0) is 12.0 Å². The first-order valence-corrected chi connectivity index (χ1v) is 6.78. The number of nitrogens with one attached hydrogen (secondary N) is 1. The lowest BCUT2D eigenvalue weighted by Crippen LogP contribution is -2.16. The van der Waals surface area contributed by atoms with Crippen molar-refractivity contribution < 1.29 is 4.74 Å². The lowest BCUT2D eigenvalue weighted by Gasteiger charge is -2.17. The molecule has 0 aliphatic rings. The highest BCUT2D eigenvalue weighted by molar-refractivity contribution is 7.15. The van der Waals surface area contributed by atoms with Gasteiger partial charge in [0.2, 0.25) is 5.13 Å². The Morgan fingerprint density at radius 1 is 1.28 bits per heavy atom. The Morgan fingerprint density at radius 2 is 2.06 bits per heavy atom.